The third-order valence-corrected chi connectivity index (χ3v) is 4.95. The summed E-state index contributed by atoms with van der Waals surface area (Å²) < 4.78 is 1.65. The summed E-state index contributed by atoms with van der Waals surface area (Å²) >= 11 is 6.40. The molecule has 24 heavy (non-hydrogen) atoms. The molecule has 0 unspecified atom stereocenters. The van der Waals surface area contributed by atoms with Crippen molar-refractivity contribution in [2.45, 2.75) is 32.2 Å². The molecule has 1 saturated heterocycles. The van der Waals surface area contributed by atoms with Crippen LogP contribution in [0.25, 0.3) is 0 Å². The molecule has 2 heterocycles. The van der Waals surface area contributed by atoms with Crippen LogP contribution in [-0.4, -0.2) is 27.1 Å². The van der Waals surface area contributed by atoms with Crippen molar-refractivity contribution in [1.82, 2.24) is 14.7 Å². The lowest BCUT2D eigenvalue weighted by Crippen LogP contribution is -2.31. The molecule has 1 aliphatic heterocycles. The number of rotatable bonds is 3. The predicted molar refractivity (Wildman–Crippen MR) is 91.7 cm³/mol. The monoisotopic (exact) mass is 342 g/mol. The highest BCUT2D eigenvalue weighted by molar-refractivity contribution is 6.30. The van der Waals surface area contributed by atoms with Gasteiger partial charge in [0.25, 0.3) is 5.91 Å². The van der Waals surface area contributed by atoms with Crippen molar-refractivity contribution in [3.8, 4) is 6.07 Å². The Morgan fingerprint density at radius 3 is 2.96 bits per heavy atom. The first kappa shape index (κ1) is 16.5. The minimum absolute atomic E-state index is 0.0170. The maximum Gasteiger partial charge on any atom is 0.254 e. The number of hydrogen-bond acceptors (Lipinski definition) is 3. The second-order valence-electron chi connectivity index (χ2n) is 6.11. The Balaban J connectivity index is 1.92. The van der Waals surface area contributed by atoms with E-state index >= 15 is 0 Å². The van der Waals surface area contributed by atoms with E-state index < -0.39 is 0 Å². The Labute approximate surface area is 146 Å². The number of nitriles is 1. The van der Waals surface area contributed by atoms with Crippen molar-refractivity contribution in [1.29, 1.82) is 5.26 Å². The normalized spacial score (nSPS) is 17.1. The van der Waals surface area contributed by atoms with E-state index in [0.29, 0.717) is 23.7 Å². The van der Waals surface area contributed by atoms with Gasteiger partial charge in [-0.3, -0.25) is 9.48 Å². The Bertz CT molecular complexity index is 821. The summed E-state index contributed by atoms with van der Waals surface area (Å²) in [6.45, 7) is 2.63. The highest BCUT2D eigenvalue weighted by Crippen LogP contribution is 2.38. The van der Waals surface area contributed by atoms with E-state index in [2.05, 4.69) is 11.2 Å². The first-order valence-electron chi connectivity index (χ1n) is 7.98. The topological polar surface area (TPSA) is 61.9 Å². The molecule has 1 atom stereocenters. The average Bonchev–Trinajstić information content (AvgIpc) is 3.12. The van der Waals surface area contributed by atoms with Gasteiger partial charge in [-0.05, 0) is 37.5 Å². The van der Waals surface area contributed by atoms with Gasteiger partial charge in [-0.25, -0.2) is 0 Å². The molecule has 5 nitrogen and oxygen atoms in total. The molecule has 1 fully saturated rings. The number of carbonyl (C=O) groups excluding carboxylic acids is 1. The van der Waals surface area contributed by atoms with Crippen LogP contribution in [-0.2, 0) is 13.5 Å². The molecule has 0 N–H and O–H groups in total. The van der Waals surface area contributed by atoms with Crippen molar-refractivity contribution in [3.63, 3.8) is 0 Å². The van der Waals surface area contributed by atoms with Gasteiger partial charge in [-0.15, -0.1) is 0 Å². The van der Waals surface area contributed by atoms with Crippen LogP contribution in [0, 0.1) is 18.3 Å². The summed E-state index contributed by atoms with van der Waals surface area (Å²) in [6, 6.07) is 9.37. The standard InChI is InChI=1S/C18H19ClN4O/c1-12-16(17(19)22(2)21-12)15-7-4-10-23(15)18(24)14-6-3-5-13(11-14)8-9-20/h3,5-6,11,15H,4,7-8,10H2,1-2H3/t15-/m1/s1. The predicted octanol–water partition coefficient (Wildman–Crippen LogP) is 3.43. The summed E-state index contributed by atoms with van der Waals surface area (Å²) in [5.74, 6) is -0.0170. The van der Waals surface area contributed by atoms with Crippen molar-refractivity contribution < 1.29 is 4.79 Å². The second-order valence-corrected chi connectivity index (χ2v) is 6.46. The number of halogens is 1. The zero-order chi connectivity index (χ0) is 17.3. The molecule has 0 saturated carbocycles. The third kappa shape index (κ3) is 2.90. The van der Waals surface area contributed by atoms with Crippen molar-refractivity contribution in [2.24, 2.45) is 7.05 Å². The second kappa shape index (κ2) is 6.66. The van der Waals surface area contributed by atoms with Crippen LogP contribution >= 0.6 is 11.6 Å². The van der Waals surface area contributed by atoms with Crippen LogP contribution < -0.4 is 0 Å². The van der Waals surface area contributed by atoms with Gasteiger partial charge in [0.05, 0.1) is 24.2 Å². The largest absolute Gasteiger partial charge is 0.331 e. The molecular formula is C18H19ClN4O. The van der Waals surface area contributed by atoms with Gasteiger partial charge in [0.1, 0.15) is 5.15 Å². The lowest BCUT2D eigenvalue weighted by atomic mass is 10.0. The number of hydrogen-bond donors (Lipinski definition) is 0. The zero-order valence-corrected chi connectivity index (χ0v) is 14.5. The van der Waals surface area contributed by atoms with Gasteiger partial charge >= 0.3 is 0 Å². The Morgan fingerprint density at radius 1 is 1.50 bits per heavy atom. The van der Waals surface area contributed by atoms with Crippen molar-refractivity contribution in [3.05, 3.63) is 51.8 Å². The maximum absolute atomic E-state index is 13.0. The Kier molecular flexibility index (Phi) is 4.59. The van der Waals surface area contributed by atoms with E-state index in [0.717, 1.165) is 29.7 Å². The van der Waals surface area contributed by atoms with Crippen LogP contribution in [0.5, 0.6) is 0 Å². The summed E-state index contributed by atoms with van der Waals surface area (Å²) in [6.07, 6.45) is 2.13. The molecular weight excluding hydrogens is 324 g/mol. The van der Waals surface area contributed by atoms with Crippen molar-refractivity contribution >= 4 is 17.5 Å². The van der Waals surface area contributed by atoms with Crippen LogP contribution in [0.3, 0.4) is 0 Å². The minimum Gasteiger partial charge on any atom is -0.331 e. The van der Waals surface area contributed by atoms with E-state index in [1.54, 1.807) is 16.8 Å². The Hall–Kier alpha value is -2.32. The number of carbonyl (C=O) groups is 1. The fourth-order valence-corrected chi connectivity index (χ4v) is 3.71. The van der Waals surface area contributed by atoms with Gasteiger partial charge < -0.3 is 4.90 Å². The SMILES string of the molecule is Cc1nn(C)c(Cl)c1[C@H]1CCCN1C(=O)c1cccc(CC#N)c1. The van der Waals surface area contributed by atoms with Crippen LogP contribution in [0.2, 0.25) is 5.15 Å². The van der Waals surface area contributed by atoms with E-state index in [1.807, 2.05) is 31.0 Å². The van der Waals surface area contributed by atoms with Gasteiger partial charge in [-0.1, -0.05) is 23.7 Å². The molecule has 1 aromatic carbocycles. The highest BCUT2D eigenvalue weighted by Gasteiger charge is 2.34. The van der Waals surface area contributed by atoms with Gasteiger partial charge in [0.2, 0.25) is 0 Å². The molecule has 0 radical (unpaired) electrons. The first-order chi connectivity index (χ1) is 11.5. The molecule has 0 spiro atoms. The fraction of sp³-hybridized carbons (Fsp3) is 0.389. The summed E-state index contributed by atoms with van der Waals surface area (Å²) in [5, 5.41) is 13.8. The number of aromatic nitrogens is 2. The number of amides is 1. The van der Waals surface area contributed by atoms with Crippen LogP contribution in [0.15, 0.2) is 24.3 Å². The number of likely N-dealkylation sites (tertiary alicyclic amines) is 1. The van der Waals surface area contributed by atoms with Gasteiger partial charge in [0, 0.05) is 24.7 Å². The quantitative estimate of drug-likeness (QED) is 0.858. The lowest BCUT2D eigenvalue weighted by molar-refractivity contribution is 0.0735. The van der Waals surface area contributed by atoms with E-state index in [-0.39, 0.29) is 11.9 Å². The van der Waals surface area contributed by atoms with Gasteiger partial charge in [0.15, 0.2) is 0 Å². The number of benzene rings is 1. The Morgan fingerprint density at radius 2 is 2.29 bits per heavy atom. The number of aryl methyl sites for hydroxylation is 2. The molecule has 124 valence electrons. The highest BCUT2D eigenvalue weighted by atomic mass is 35.5. The van der Waals surface area contributed by atoms with E-state index in [1.165, 1.54) is 0 Å². The molecule has 1 aromatic heterocycles. The summed E-state index contributed by atoms with van der Waals surface area (Å²) in [7, 11) is 1.81. The zero-order valence-electron chi connectivity index (χ0n) is 13.8. The van der Waals surface area contributed by atoms with E-state index in [4.69, 9.17) is 16.9 Å². The maximum atomic E-state index is 13.0. The molecule has 6 heteroatoms. The first-order valence-corrected chi connectivity index (χ1v) is 8.36. The smallest absolute Gasteiger partial charge is 0.254 e. The molecule has 2 aromatic rings. The molecule has 1 aliphatic rings. The minimum atomic E-state index is -0.0432. The average molecular weight is 343 g/mol. The summed E-state index contributed by atoms with van der Waals surface area (Å²) in [4.78, 5) is 14.9. The molecule has 0 aliphatic carbocycles. The lowest BCUT2D eigenvalue weighted by Gasteiger charge is -2.25. The van der Waals surface area contributed by atoms with Crippen LogP contribution in [0.4, 0.5) is 0 Å². The molecule has 0 bridgehead atoms. The third-order valence-electron chi connectivity index (χ3n) is 4.50. The molecule has 1 amide bonds. The van der Waals surface area contributed by atoms with Gasteiger partial charge in [-0.2, -0.15) is 10.4 Å². The van der Waals surface area contributed by atoms with Crippen molar-refractivity contribution in [2.75, 3.05) is 6.54 Å². The van der Waals surface area contributed by atoms with Crippen LogP contribution in [0.1, 0.15) is 46.1 Å². The van der Waals surface area contributed by atoms with E-state index in [9.17, 15) is 4.79 Å². The summed E-state index contributed by atoms with van der Waals surface area (Å²) in [5.41, 5.74) is 3.28. The fourth-order valence-electron chi connectivity index (χ4n) is 3.41. The number of nitrogens with zero attached hydrogens (tertiary/aromatic N) is 4. The molecule has 3 rings (SSSR count).